The van der Waals surface area contributed by atoms with Crippen LogP contribution in [0.5, 0.6) is 5.75 Å². The zero-order valence-corrected chi connectivity index (χ0v) is 15.0. The number of esters is 2. The zero-order chi connectivity index (χ0) is 19.0. The van der Waals surface area contributed by atoms with Gasteiger partial charge in [-0.25, -0.2) is 4.79 Å². The normalized spacial score (nSPS) is 16.5. The van der Waals surface area contributed by atoms with Gasteiger partial charge < -0.3 is 14.2 Å². The first kappa shape index (κ1) is 17.1. The van der Waals surface area contributed by atoms with Crippen molar-refractivity contribution in [3.05, 3.63) is 77.4 Å². The molecule has 0 aliphatic carbocycles. The van der Waals surface area contributed by atoms with E-state index in [1.807, 2.05) is 36.4 Å². The maximum absolute atomic E-state index is 12.6. The number of hydrogen-bond donors (Lipinski definition) is 0. The molecular weight excluding hydrogens is 344 g/mol. The fourth-order valence-corrected chi connectivity index (χ4v) is 3.18. The molecule has 2 atom stereocenters. The molecule has 1 heterocycles. The highest BCUT2D eigenvalue weighted by molar-refractivity contribution is 5.94. The highest BCUT2D eigenvalue weighted by atomic mass is 16.7. The largest absolute Gasteiger partial charge is 0.497 e. The van der Waals surface area contributed by atoms with E-state index in [0.717, 1.165) is 22.1 Å². The van der Waals surface area contributed by atoms with Crippen LogP contribution < -0.4 is 4.74 Å². The van der Waals surface area contributed by atoms with E-state index in [2.05, 4.69) is 0 Å². The lowest BCUT2D eigenvalue weighted by Gasteiger charge is -2.16. The molecule has 4 rings (SSSR count). The summed E-state index contributed by atoms with van der Waals surface area (Å²) in [6, 6.07) is 18.5. The van der Waals surface area contributed by atoms with Crippen molar-refractivity contribution in [2.45, 2.75) is 19.1 Å². The Balaban J connectivity index is 1.54. The third kappa shape index (κ3) is 3.12. The minimum Gasteiger partial charge on any atom is -0.497 e. The molecule has 0 amide bonds. The van der Waals surface area contributed by atoms with Crippen molar-refractivity contribution in [1.82, 2.24) is 0 Å². The summed E-state index contributed by atoms with van der Waals surface area (Å²) in [4.78, 5) is 24.5. The van der Waals surface area contributed by atoms with Gasteiger partial charge >= 0.3 is 11.9 Å². The van der Waals surface area contributed by atoms with Gasteiger partial charge in [-0.05, 0) is 41.5 Å². The zero-order valence-electron chi connectivity index (χ0n) is 15.0. The van der Waals surface area contributed by atoms with Crippen LogP contribution in [0.2, 0.25) is 0 Å². The highest BCUT2D eigenvalue weighted by Gasteiger charge is 2.34. The maximum atomic E-state index is 12.6. The standard InChI is InChI=1S/C22H18O5/c1-13(14-7-8-16-12-17(25-2)10-9-15(16)11-14)20(23)26-22-19-6-4-3-5-18(19)21(24)27-22/h3-13,22H,1-2H3/t13-,22-/m0/s1. The van der Waals surface area contributed by atoms with Gasteiger partial charge in [-0.1, -0.05) is 42.5 Å². The summed E-state index contributed by atoms with van der Waals surface area (Å²) < 4.78 is 15.9. The molecule has 0 spiro atoms. The van der Waals surface area contributed by atoms with Crippen molar-refractivity contribution < 1.29 is 23.8 Å². The first-order valence-electron chi connectivity index (χ1n) is 8.65. The summed E-state index contributed by atoms with van der Waals surface area (Å²) in [7, 11) is 1.63. The Labute approximate surface area is 156 Å². The second-order valence-electron chi connectivity index (χ2n) is 6.46. The average Bonchev–Trinajstić information content (AvgIpc) is 3.02. The van der Waals surface area contributed by atoms with Gasteiger partial charge in [0.05, 0.1) is 18.6 Å². The van der Waals surface area contributed by atoms with Gasteiger partial charge in [-0.2, -0.15) is 0 Å². The van der Waals surface area contributed by atoms with Gasteiger partial charge in [0, 0.05) is 5.56 Å². The van der Waals surface area contributed by atoms with Gasteiger partial charge in [0.2, 0.25) is 0 Å². The third-order valence-corrected chi connectivity index (χ3v) is 4.80. The first-order valence-corrected chi connectivity index (χ1v) is 8.65. The minimum atomic E-state index is -0.992. The van der Waals surface area contributed by atoms with Crippen molar-refractivity contribution in [1.29, 1.82) is 0 Å². The van der Waals surface area contributed by atoms with Crippen LogP contribution in [0.3, 0.4) is 0 Å². The number of rotatable bonds is 4. The summed E-state index contributed by atoms with van der Waals surface area (Å²) >= 11 is 0. The molecule has 27 heavy (non-hydrogen) atoms. The van der Waals surface area contributed by atoms with E-state index in [1.165, 1.54) is 0 Å². The van der Waals surface area contributed by atoms with Crippen molar-refractivity contribution in [3.63, 3.8) is 0 Å². The number of hydrogen-bond acceptors (Lipinski definition) is 5. The molecule has 136 valence electrons. The van der Waals surface area contributed by atoms with Crippen LogP contribution in [-0.4, -0.2) is 19.0 Å². The van der Waals surface area contributed by atoms with E-state index in [9.17, 15) is 9.59 Å². The van der Waals surface area contributed by atoms with Crippen LogP contribution >= 0.6 is 0 Å². The molecule has 0 aromatic heterocycles. The van der Waals surface area contributed by atoms with E-state index < -0.39 is 24.1 Å². The Kier molecular flexibility index (Phi) is 4.28. The van der Waals surface area contributed by atoms with Crippen molar-refractivity contribution >= 4 is 22.7 Å². The van der Waals surface area contributed by atoms with E-state index >= 15 is 0 Å². The van der Waals surface area contributed by atoms with Crippen molar-refractivity contribution in [3.8, 4) is 5.75 Å². The molecule has 0 fully saturated rings. The van der Waals surface area contributed by atoms with Crippen molar-refractivity contribution in [2.24, 2.45) is 0 Å². The number of fused-ring (bicyclic) bond motifs is 2. The van der Waals surface area contributed by atoms with E-state index in [-0.39, 0.29) is 0 Å². The molecule has 0 unspecified atom stereocenters. The number of carbonyl (C=O) groups is 2. The predicted molar refractivity (Wildman–Crippen MR) is 99.6 cm³/mol. The van der Waals surface area contributed by atoms with E-state index in [0.29, 0.717) is 11.1 Å². The highest BCUT2D eigenvalue weighted by Crippen LogP contribution is 2.33. The molecule has 0 N–H and O–H groups in total. The Hall–Kier alpha value is -3.34. The molecule has 5 heteroatoms. The minimum absolute atomic E-state index is 0.433. The molecule has 1 aliphatic heterocycles. The number of carbonyl (C=O) groups excluding carboxylic acids is 2. The van der Waals surface area contributed by atoms with Gasteiger partial charge in [0.15, 0.2) is 0 Å². The Morgan fingerprint density at radius 3 is 2.59 bits per heavy atom. The summed E-state index contributed by atoms with van der Waals surface area (Å²) in [5, 5.41) is 2.03. The summed E-state index contributed by atoms with van der Waals surface area (Å²) in [5.41, 5.74) is 1.84. The quantitative estimate of drug-likeness (QED) is 0.645. The van der Waals surface area contributed by atoms with Gasteiger partial charge in [-0.3, -0.25) is 4.79 Å². The molecule has 5 nitrogen and oxygen atoms in total. The van der Waals surface area contributed by atoms with Crippen LogP contribution in [0.25, 0.3) is 10.8 Å². The average molecular weight is 362 g/mol. The SMILES string of the molecule is COc1ccc2cc([C@H](C)C(=O)O[C@H]3OC(=O)c4ccccc43)ccc2c1. The summed E-state index contributed by atoms with van der Waals surface area (Å²) in [6.07, 6.45) is -0.992. The number of ether oxygens (including phenoxy) is 3. The van der Waals surface area contributed by atoms with Crippen LogP contribution in [0, 0.1) is 0 Å². The first-order chi connectivity index (χ1) is 13.1. The number of cyclic esters (lactones) is 1. The summed E-state index contributed by atoms with van der Waals surface area (Å²) in [5.74, 6) is -0.638. The second kappa shape index (κ2) is 6.76. The van der Waals surface area contributed by atoms with E-state index in [1.54, 1.807) is 38.3 Å². The maximum Gasteiger partial charge on any atom is 0.342 e. The topological polar surface area (TPSA) is 61.8 Å². The molecule has 0 radical (unpaired) electrons. The molecular formula is C22H18O5. The number of benzene rings is 3. The third-order valence-electron chi connectivity index (χ3n) is 4.80. The van der Waals surface area contributed by atoms with E-state index in [4.69, 9.17) is 14.2 Å². The lowest BCUT2D eigenvalue weighted by atomic mass is 9.98. The Bertz CT molecular complexity index is 1040. The molecule has 1 aliphatic rings. The van der Waals surface area contributed by atoms with Crippen LogP contribution in [0.4, 0.5) is 0 Å². The van der Waals surface area contributed by atoms with Gasteiger partial charge in [0.1, 0.15) is 5.75 Å². The monoisotopic (exact) mass is 362 g/mol. The van der Waals surface area contributed by atoms with Gasteiger partial charge in [0.25, 0.3) is 6.29 Å². The lowest BCUT2D eigenvalue weighted by molar-refractivity contribution is -0.169. The van der Waals surface area contributed by atoms with Crippen LogP contribution in [-0.2, 0) is 14.3 Å². The molecule has 3 aromatic rings. The van der Waals surface area contributed by atoms with Crippen LogP contribution in [0.15, 0.2) is 60.7 Å². The molecule has 0 saturated carbocycles. The Morgan fingerprint density at radius 1 is 1.04 bits per heavy atom. The smallest absolute Gasteiger partial charge is 0.342 e. The fraction of sp³-hybridized carbons (Fsp3) is 0.182. The lowest BCUT2D eigenvalue weighted by Crippen LogP contribution is -2.17. The predicted octanol–water partition coefficient (Wildman–Crippen LogP) is 4.36. The molecule has 0 bridgehead atoms. The van der Waals surface area contributed by atoms with Gasteiger partial charge in [-0.15, -0.1) is 0 Å². The second-order valence-corrected chi connectivity index (χ2v) is 6.46. The number of methoxy groups -OCH3 is 1. The fourth-order valence-electron chi connectivity index (χ4n) is 3.18. The summed E-state index contributed by atoms with van der Waals surface area (Å²) in [6.45, 7) is 1.77. The van der Waals surface area contributed by atoms with Crippen LogP contribution in [0.1, 0.15) is 40.6 Å². The van der Waals surface area contributed by atoms with Crippen molar-refractivity contribution in [2.75, 3.05) is 7.11 Å². The molecule has 0 saturated heterocycles. The Morgan fingerprint density at radius 2 is 1.78 bits per heavy atom. The molecule has 3 aromatic carbocycles.